The predicted molar refractivity (Wildman–Crippen MR) is 66.9 cm³/mol. The summed E-state index contributed by atoms with van der Waals surface area (Å²) >= 11 is 0. The number of hydrogen-bond acceptors (Lipinski definition) is 3. The van der Waals surface area contributed by atoms with Gasteiger partial charge in [-0.15, -0.1) is 0 Å². The van der Waals surface area contributed by atoms with Gasteiger partial charge in [-0.25, -0.2) is 4.79 Å². The van der Waals surface area contributed by atoms with Crippen molar-refractivity contribution < 1.29 is 14.7 Å². The van der Waals surface area contributed by atoms with Crippen molar-refractivity contribution in [3.63, 3.8) is 0 Å². The van der Waals surface area contributed by atoms with E-state index in [-0.39, 0.29) is 23.9 Å². The van der Waals surface area contributed by atoms with Crippen LogP contribution >= 0.6 is 0 Å². The van der Waals surface area contributed by atoms with Gasteiger partial charge in [0.2, 0.25) is 0 Å². The Kier molecular flexibility index (Phi) is 3.13. The zero-order chi connectivity index (χ0) is 13.6. The highest BCUT2D eigenvalue weighted by atomic mass is 16.3. The lowest BCUT2D eigenvalue weighted by Gasteiger charge is -2.29. The molecule has 2 rings (SSSR count). The molecular weight excluding hydrogens is 232 g/mol. The fraction of sp³-hybridized carbons (Fsp3) is 0.846. The van der Waals surface area contributed by atoms with Crippen LogP contribution in [0.1, 0.15) is 46.5 Å². The van der Waals surface area contributed by atoms with E-state index in [9.17, 15) is 14.7 Å². The molecule has 18 heavy (non-hydrogen) atoms. The summed E-state index contributed by atoms with van der Waals surface area (Å²) in [4.78, 5) is 25.4. The van der Waals surface area contributed by atoms with Gasteiger partial charge in [-0.05, 0) is 18.3 Å². The molecule has 1 atom stereocenters. The molecule has 0 bridgehead atoms. The van der Waals surface area contributed by atoms with Crippen molar-refractivity contribution in [2.24, 2.45) is 5.41 Å². The van der Waals surface area contributed by atoms with Crippen molar-refractivity contribution >= 4 is 11.9 Å². The number of carbonyl (C=O) groups is 2. The maximum Gasteiger partial charge on any atom is 0.325 e. The molecule has 1 saturated carbocycles. The van der Waals surface area contributed by atoms with Gasteiger partial charge in [0.25, 0.3) is 5.91 Å². The second-order valence-electron chi connectivity index (χ2n) is 6.52. The number of aliphatic hydroxyl groups excluding tert-OH is 1. The Bertz CT molecular complexity index is 367. The molecule has 1 spiro atoms. The Morgan fingerprint density at radius 1 is 1.33 bits per heavy atom. The maximum absolute atomic E-state index is 12.3. The van der Waals surface area contributed by atoms with Crippen molar-refractivity contribution in [3.05, 3.63) is 0 Å². The van der Waals surface area contributed by atoms with E-state index < -0.39 is 11.6 Å². The number of hydrogen-bond donors (Lipinski definition) is 2. The number of nitrogens with zero attached hydrogens (tertiary/aromatic N) is 1. The Morgan fingerprint density at radius 3 is 2.39 bits per heavy atom. The molecule has 102 valence electrons. The fourth-order valence-corrected chi connectivity index (χ4v) is 2.61. The maximum atomic E-state index is 12.3. The Morgan fingerprint density at radius 2 is 1.89 bits per heavy atom. The molecule has 2 aliphatic rings. The van der Waals surface area contributed by atoms with E-state index in [1.807, 2.05) is 20.8 Å². The summed E-state index contributed by atoms with van der Waals surface area (Å²) in [5.74, 6) is -0.159. The highest BCUT2D eigenvalue weighted by Crippen LogP contribution is 2.35. The SMILES string of the molecule is CC(C)(C)C(O)CN1C(=O)NC2(CCCC2)C1=O. The van der Waals surface area contributed by atoms with Gasteiger partial charge >= 0.3 is 6.03 Å². The average Bonchev–Trinajstić information content (AvgIpc) is 2.79. The lowest BCUT2D eigenvalue weighted by atomic mass is 9.88. The number of aliphatic hydroxyl groups is 1. The van der Waals surface area contributed by atoms with E-state index in [0.29, 0.717) is 0 Å². The molecule has 1 aliphatic heterocycles. The second kappa shape index (κ2) is 4.23. The average molecular weight is 254 g/mol. The summed E-state index contributed by atoms with van der Waals surface area (Å²) in [6.07, 6.45) is 2.69. The number of imide groups is 1. The van der Waals surface area contributed by atoms with E-state index in [4.69, 9.17) is 0 Å². The highest BCUT2D eigenvalue weighted by Gasteiger charge is 2.52. The van der Waals surface area contributed by atoms with Gasteiger partial charge in [0.15, 0.2) is 0 Å². The molecule has 2 fully saturated rings. The van der Waals surface area contributed by atoms with E-state index in [1.165, 1.54) is 4.90 Å². The molecule has 5 nitrogen and oxygen atoms in total. The minimum absolute atomic E-state index is 0.0793. The van der Waals surface area contributed by atoms with Gasteiger partial charge in [0.1, 0.15) is 5.54 Å². The van der Waals surface area contributed by atoms with Gasteiger partial charge in [-0.3, -0.25) is 9.69 Å². The Hall–Kier alpha value is -1.10. The van der Waals surface area contributed by atoms with Crippen LogP contribution in [0.3, 0.4) is 0 Å². The van der Waals surface area contributed by atoms with Crippen LogP contribution in [0.15, 0.2) is 0 Å². The van der Waals surface area contributed by atoms with Crippen molar-refractivity contribution in [1.29, 1.82) is 0 Å². The molecule has 0 aromatic rings. The second-order valence-corrected chi connectivity index (χ2v) is 6.52. The third-order valence-electron chi connectivity index (χ3n) is 4.06. The van der Waals surface area contributed by atoms with E-state index >= 15 is 0 Å². The number of nitrogens with one attached hydrogen (secondary N) is 1. The quantitative estimate of drug-likeness (QED) is 0.729. The summed E-state index contributed by atoms with van der Waals surface area (Å²) in [7, 11) is 0. The standard InChI is InChI=1S/C13H22N2O3/c1-12(2,3)9(16)8-15-10(17)13(14-11(15)18)6-4-5-7-13/h9,16H,4-8H2,1-3H3,(H,14,18). The number of urea groups is 1. The molecule has 0 radical (unpaired) electrons. The monoisotopic (exact) mass is 254 g/mol. The summed E-state index contributed by atoms with van der Waals surface area (Å²) < 4.78 is 0. The first-order chi connectivity index (χ1) is 8.26. The number of carbonyl (C=O) groups excluding carboxylic acids is 2. The van der Waals surface area contributed by atoms with Crippen LogP contribution in [-0.4, -0.2) is 40.1 Å². The Balaban J connectivity index is 2.10. The van der Waals surface area contributed by atoms with E-state index in [1.54, 1.807) is 0 Å². The Labute approximate surface area is 108 Å². The topological polar surface area (TPSA) is 69.6 Å². The number of rotatable bonds is 2. The highest BCUT2D eigenvalue weighted by molar-refractivity contribution is 6.07. The molecule has 2 N–H and O–H groups in total. The molecule has 5 heteroatoms. The molecule has 0 aromatic heterocycles. The van der Waals surface area contributed by atoms with E-state index in [0.717, 1.165) is 25.7 Å². The molecule has 1 aliphatic carbocycles. The lowest BCUT2D eigenvalue weighted by molar-refractivity contribution is -0.132. The molecule has 1 saturated heterocycles. The summed E-state index contributed by atoms with van der Waals surface area (Å²) in [6.45, 7) is 5.75. The minimum atomic E-state index is -0.705. The van der Waals surface area contributed by atoms with Crippen LogP contribution in [0, 0.1) is 5.41 Å². The summed E-state index contributed by atoms with van der Waals surface area (Å²) in [6, 6.07) is -0.356. The third kappa shape index (κ3) is 2.11. The van der Waals surface area contributed by atoms with E-state index in [2.05, 4.69) is 5.32 Å². The van der Waals surface area contributed by atoms with Crippen LogP contribution in [-0.2, 0) is 4.79 Å². The summed E-state index contributed by atoms with van der Waals surface area (Å²) in [5, 5.41) is 12.9. The lowest BCUT2D eigenvalue weighted by Crippen LogP contribution is -2.46. The third-order valence-corrected chi connectivity index (χ3v) is 4.06. The normalized spacial score (nSPS) is 24.8. The van der Waals surface area contributed by atoms with Crippen LogP contribution in [0.5, 0.6) is 0 Å². The van der Waals surface area contributed by atoms with Crippen molar-refractivity contribution in [3.8, 4) is 0 Å². The van der Waals surface area contributed by atoms with Crippen LogP contribution in [0.4, 0.5) is 4.79 Å². The predicted octanol–water partition coefficient (Wildman–Crippen LogP) is 1.26. The van der Waals surface area contributed by atoms with Crippen LogP contribution in [0.2, 0.25) is 0 Å². The molecule has 3 amide bonds. The van der Waals surface area contributed by atoms with Crippen LogP contribution < -0.4 is 5.32 Å². The van der Waals surface area contributed by atoms with Crippen molar-refractivity contribution in [2.45, 2.75) is 58.1 Å². The van der Waals surface area contributed by atoms with Gasteiger partial charge < -0.3 is 10.4 Å². The summed E-state index contributed by atoms with van der Waals surface area (Å²) in [5.41, 5.74) is -1.01. The zero-order valence-electron chi connectivity index (χ0n) is 11.3. The first-order valence-electron chi connectivity index (χ1n) is 6.58. The number of amides is 3. The smallest absolute Gasteiger partial charge is 0.325 e. The molecule has 1 heterocycles. The first-order valence-corrected chi connectivity index (χ1v) is 6.58. The molecule has 1 unspecified atom stereocenters. The van der Waals surface area contributed by atoms with Crippen LogP contribution in [0.25, 0.3) is 0 Å². The van der Waals surface area contributed by atoms with Crippen molar-refractivity contribution in [1.82, 2.24) is 10.2 Å². The van der Waals surface area contributed by atoms with Gasteiger partial charge in [-0.1, -0.05) is 33.6 Å². The molecule has 0 aromatic carbocycles. The largest absolute Gasteiger partial charge is 0.391 e. The van der Waals surface area contributed by atoms with Crippen molar-refractivity contribution in [2.75, 3.05) is 6.54 Å². The number of β-amino-alcohol motifs (C(OH)–C–C–N with tert-alkyl or cyclic N) is 1. The van der Waals surface area contributed by atoms with Gasteiger partial charge in [-0.2, -0.15) is 0 Å². The molecular formula is C13H22N2O3. The minimum Gasteiger partial charge on any atom is -0.391 e. The zero-order valence-corrected chi connectivity index (χ0v) is 11.3. The van der Waals surface area contributed by atoms with Gasteiger partial charge in [0.05, 0.1) is 12.6 Å². The van der Waals surface area contributed by atoms with Gasteiger partial charge in [0, 0.05) is 0 Å². The first kappa shape index (κ1) is 13.3. The fourth-order valence-electron chi connectivity index (χ4n) is 2.61.